The SMILES string of the molecule is COCCOCC(=O)N1CCCN1C(=S)NCCC1=CCCCC1. The van der Waals surface area contributed by atoms with Crippen LogP contribution >= 0.6 is 12.2 Å². The van der Waals surface area contributed by atoms with Gasteiger partial charge in [0, 0.05) is 26.7 Å². The van der Waals surface area contributed by atoms with Crippen molar-refractivity contribution in [1.29, 1.82) is 0 Å². The van der Waals surface area contributed by atoms with Gasteiger partial charge in [0.05, 0.1) is 13.2 Å². The van der Waals surface area contributed by atoms with Crippen molar-refractivity contribution in [2.24, 2.45) is 0 Å². The molecule has 2 rings (SSSR count). The van der Waals surface area contributed by atoms with Crippen molar-refractivity contribution >= 4 is 23.2 Å². The Hall–Kier alpha value is -1.18. The minimum Gasteiger partial charge on any atom is -0.382 e. The predicted octanol–water partition coefficient (Wildman–Crippen LogP) is 1.86. The normalized spacial score (nSPS) is 17.8. The number of carbonyl (C=O) groups is 1. The summed E-state index contributed by atoms with van der Waals surface area (Å²) in [6, 6.07) is 0. The Morgan fingerprint density at radius 2 is 2.08 bits per heavy atom. The van der Waals surface area contributed by atoms with Gasteiger partial charge >= 0.3 is 0 Å². The molecule has 1 aliphatic carbocycles. The summed E-state index contributed by atoms with van der Waals surface area (Å²) in [5, 5.41) is 7.49. The number of thiocarbonyl (C=S) groups is 1. The van der Waals surface area contributed by atoms with Gasteiger partial charge in [-0.15, -0.1) is 0 Å². The topological polar surface area (TPSA) is 54.0 Å². The molecule has 1 aliphatic heterocycles. The molecule has 136 valence electrons. The van der Waals surface area contributed by atoms with Gasteiger partial charge in [-0.2, -0.15) is 0 Å². The Balaban J connectivity index is 1.71. The third-order valence-corrected chi connectivity index (χ3v) is 4.67. The summed E-state index contributed by atoms with van der Waals surface area (Å²) < 4.78 is 10.2. The molecule has 0 aromatic heterocycles. The Morgan fingerprint density at radius 3 is 2.83 bits per heavy atom. The van der Waals surface area contributed by atoms with E-state index in [0.29, 0.717) is 24.9 Å². The van der Waals surface area contributed by atoms with E-state index in [4.69, 9.17) is 21.7 Å². The predicted molar refractivity (Wildman–Crippen MR) is 97.5 cm³/mol. The van der Waals surface area contributed by atoms with Crippen molar-refractivity contribution < 1.29 is 14.3 Å². The standard InChI is InChI=1S/C17H29N3O3S/c1-22-12-13-23-14-16(21)19-10-5-11-20(19)17(24)18-9-8-15-6-3-2-4-7-15/h6H,2-5,7-14H2,1H3,(H,18,24). The summed E-state index contributed by atoms with van der Waals surface area (Å²) in [5.74, 6) is -0.0530. The van der Waals surface area contributed by atoms with Crippen molar-refractivity contribution in [3.8, 4) is 0 Å². The molecule has 1 N–H and O–H groups in total. The lowest BCUT2D eigenvalue weighted by molar-refractivity contribution is -0.144. The van der Waals surface area contributed by atoms with Crippen LogP contribution in [-0.2, 0) is 14.3 Å². The number of hydrazine groups is 1. The van der Waals surface area contributed by atoms with Crippen LogP contribution in [0.3, 0.4) is 0 Å². The second-order valence-corrected chi connectivity index (χ2v) is 6.52. The first-order valence-corrected chi connectivity index (χ1v) is 9.23. The molecule has 7 heteroatoms. The van der Waals surface area contributed by atoms with Crippen molar-refractivity contribution in [3.63, 3.8) is 0 Å². The molecule has 0 atom stereocenters. The maximum atomic E-state index is 12.3. The number of hydrogen-bond donors (Lipinski definition) is 1. The summed E-state index contributed by atoms with van der Waals surface area (Å²) in [5.41, 5.74) is 1.53. The molecule has 2 aliphatic rings. The highest BCUT2D eigenvalue weighted by molar-refractivity contribution is 7.80. The first-order chi connectivity index (χ1) is 11.7. The molecule has 0 unspecified atom stereocenters. The zero-order valence-electron chi connectivity index (χ0n) is 14.6. The number of allylic oxidation sites excluding steroid dienone is 1. The molecule has 1 fully saturated rings. The van der Waals surface area contributed by atoms with Gasteiger partial charge in [0.1, 0.15) is 6.61 Å². The highest BCUT2D eigenvalue weighted by Crippen LogP contribution is 2.19. The fourth-order valence-electron chi connectivity index (χ4n) is 3.01. The fraction of sp³-hybridized carbons (Fsp3) is 0.765. The molecule has 0 radical (unpaired) electrons. The number of nitrogens with one attached hydrogen (secondary N) is 1. The van der Waals surface area contributed by atoms with E-state index in [0.717, 1.165) is 25.9 Å². The van der Waals surface area contributed by atoms with E-state index in [1.807, 2.05) is 5.01 Å². The summed E-state index contributed by atoms with van der Waals surface area (Å²) in [4.78, 5) is 12.3. The van der Waals surface area contributed by atoms with Gasteiger partial charge in [-0.3, -0.25) is 9.80 Å². The second-order valence-electron chi connectivity index (χ2n) is 6.13. The summed E-state index contributed by atoms with van der Waals surface area (Å²) in [7, 11) is 1.61. The van der Waals surface area contributed by atoms with Crippen LogP contribution in [0.5, 0.6) is 0 Å². The van der Waals surface area contributed by atoms with Crippen molar-refractivity contribution in [2.75, 3.05) is 46.6 Å². The number of amides is 1. The maximum Gasteiger partial charge on any atom is 0.267 e. The minimum absolute atomic E-state index is 0.0530. The number of hydrogen-bond acceptors (Lipinski definition) is 4. The van der Waals surface area contributed by atoms with Gasteiger partial charge in [0.25, 0.3) is 5.91 Å². The molecule has 1 heterocycles. The number of nitrogens with zero attached hydrogens (tertiary/aromatic N) is 2. The summed E-state index contributed by atoms with van der Waals surface area (Å²) in [6.45, 7) is 3.28. The Labute approximate surface area is 150 Å². The van der Waals surface area contributed by atoms with Crippen LogP contribution in [0.15, 0.2) is 11.6 Å². The van der Waals surface area contributed by atoms with Crippen LogP contribution in [0.1, 0.15) is 38.5 Å². The van der Waals surface area contributed by atoms with E-state index in [2.05, 4.69) is 11.4 Å². The van der Waals surface area contributed by atoms with E-state index >= 15 is 0 Å². The first-order valence-electron chi connectivity index (χ1n) is 8.82. The smallest absolute Gasteiger partial charge is 0.267 e. The zero-order valence-corrected chi connectivity index (χ0v) is 15.4. The molecule has 1 amide bonds. The number of methoxy groups -OCH3 is 1. The minimum atomic E-state index is -0.0530. The van der Waals surface area contributed by atoms with Crippen LogP contribution < -0.4 is 5.32 Å². The van der Waals surface area contributed by atoms with Crippen LogP contribution in [0, 0.1) is 0 Å². The highest BCUT2D eigenvalue weighted by Gasteiger charge is 2.28. The van der Waals surface area contributed by atoms with Crippen molar-refractivity contribution in [1.82, 2.24) is 15.3 Å². The molecule has 6 nitrogen and oxygen atoms in total. The van der Waals surface area contributed by atoms with Gasteiger partial charge in [0.2, 0.25) is 0 Å². The van der Waals surface area contributed by atoms with E-state index in [1.54, 1.807) is 12.1 Å². The third-order valence-electron chi connectivity index (χ3n) is 4.32. The molecule has 0 saturated carbocycles. The quantitative estimate of drug-likeness (QED) is 0.407. The molecular weight excluding hydrogens is 326 g/mol. The highest BCUT2D eigenvalue weighted by atomic mass is 32.1. The van der Waals surface area contributed by atoms with E-state index in [-0.39, 0.29) is 12.5 Å². The lowest BCUT2D eigenvalue weighted by Crippen LogP contribution is -2.50. The van der Waals surface area contributed by atoms with Crippen LogP contribution in [0.25, 0.3) is 0 Å². The molecular formula is C17H29N3O3S. The number of carbonyl (C=O) groups excluding carboxylic acids is 1. The molecule has 24 heavy (non-hydrogen) atoms. The van der Waals surface area contributed by atoms with E-state index < -0.39 is 0 Å². The number of rotatable bonds is 8. The lowest BCUT2D eigenvalue weighted by atomic mass is 9.97. The molecule has 0 aromatic carbocycles. The van der Waals surface area contributed by atoms with Gasteiger partial charge < -0.3 is 14.8 Å². The molecule has 0 spiro atoms. The lowest BCUT2D eigenvalue weighted by Gasteiger charge is -2.30. The van der Waals surface area contributed by atoms with Gasteiger partial charge in [0.15, 0.2) is 5.11 Å². The molecule has 0 aromatic rings. The van der Waals surface area contributed by atoms with Crippen LogP contribution in [-0.4, -0.2) is 67.6 Å². The summed E-state index contributed by atoms with van der Waals surface area (Å²) >= 11 is 5.47. The zero-order chi connectivity index (χ0) is 17.2. The molecule has 1 saturated heterocycles. The Kier molecular flexibility index (Phi) is 8.49. The second kappa shape index (κ2) is 10.6. The van der Waals surface area contributed by atoms with Crippen molar-refractivity contribution in [3.05, 3.63) is 11.6 Å². The van der Waals surface area contributed by atoms with Crippen LogP contribution in [0.4, 0.5) is 0 Å². The average Bonchev–Trinajstić information content (AvgIpc) is 3.09. The average molecular weight is 356 g/mol. The Bertz CT molecular complexity index is 456. The van der Waals surface area contributed by atoms with Gasteiger partial charge in [-0.25, -0.2) is 5.01 Å². The third kappa shape index (κ3) is 6.03. The van der Waals surface area contributed by atoms with Gasteiger partial charge in [-0.1, -0.05) is 11.6 Å². The van der Waals surface area contributed by atoms with E-state index in [1.165, 1.54) is 31.3 Å². The largest absolute Gasteiger partial charge is 0.382 e. The monoisotopic (exact) mass is 355 g/mol. The fourth-order valence-corrected chi connectivity index (χ4v) is 3.30. The maximum absolute atomic E-state index is 12.3. The Morgan fingerprint density at radius 1 is 1.25 bits per heavy atom. The van der Waals surface area contributed by atoms with E-state index in [9.17, 15) is 4.79 Å². The first kappa shape index (κ1) is 19.1. The summed E-state index contributed by atoms with van der Waals surface area (Å²) in [6.07, 6.45) is 9.34. The van der Waals surface area contributed by atoms with Crippen molar-refractivity contribution in [2.45, 2.75) is 38.5 Å². The van der Waals surface area contributed by atoms with Gasteiger partial charge in [-0.05, 0) is 50.7 Å². The van der Waals surface area contributed by atoms with Crippen LogP contribution in [0.2, 0.25) is 0 Å². The molecule has 0 bridgehead atoms. The number of ether oxygens (including phenoxy) is 2.